The number of epoxide rings is 1. The van der Waals surface area contributed by atoms with Gasteiger partial charge >= 0.3 is 11.9 Å². The largest absolute Gasteiger partial charge is 0.458 e. The van der Waals surface area contributed by atoms with Crippen LogP contribution in [0.5, 0.6) is 0 Å². The van der Waals surface area contributed by atoms with Gasteiger partial charge in [-0.05, 0) is 68.3 Å². The molecule has 0 bridgehead atoms. The minimum Gasteiger partial charge on any atom is -0.458 e. The van der Waals surface area contributed by atoms with Crippen molar-refractivity contribution in [2.24, 2.45) is 22.7 Å². The number of ether oxygens (including phenoxy) is 5. The van der Waals surface area contributed by atoms with Gasteiger partial charge in [-0.15, -0.1) is 0 Å². The van der Waals surface area contributed by atoms with Crippen molar-refractivity contribution in [3.05, 3.63) is 11.6 Å². The fourth-order valence-corrected chi connectivity index (χ4v) is 7.38. The molecule has 5 rings (SSSR count). The maximum absolute atomic E-state index is 12.0. The van der Waals surface area contributed by atoms with Gasteiger partial charge in [0, 0.05) is 19.6 Å². The Kier molecular flexibility index (Phi) is 5.03. The third kappa shape index (κ3) is 2.89. The molecule has 0 N–H and O–H groups in total. The van der Waals surface area contributed by atoms with Crippen LogP contribution >= 0.6 is 0 Å². The van der Waals surface area contributed by atoms with Crippen molar-refractivity contribution in [1.29, 1.82) is 0 Å². The van der Waals surface area contributed by atoms with E-state index >= 15 is 0 Å². The van der Waals surface area contributed by atoms with Crippen molar-refractivity contribution >= 4 is 11.9 Å². The highest BCUT2D eigenvalue weighted by atomic mass is 16.8. The fraction of sp³-hybridized carbons (Fsp3) is 0.833. The molecular formula is C24H34O7. The Bertz CT molecular complexity index is 808. The van der Waals surface area contributed by atoms with Gasteiger partial charge in [-0.3, -0.25) is 4.79 Å². The zero-order chi connectivity index (χ0) is 22.0. The highest BCUT2D eigenvalue weighted by molar-refractivity contribution is 5.85. The van der Waals surface area contributed by atoms with Gasteiger partial charge in [0.15, 0.2) is 11.9 Å². The molecule has 31 heavy (non-hydrogen) atoms. The lowest BCUT2D eigenvalue weighted by molar-refractivity contribution is -0.236. The fourth-order valence-electron chi connectivity index (χ4n) is 7.38. The molecule has 2 spiro atoms. The number of hydrogen-bond donors (Lipinski definition) is 0. The molecule has 172 valence electrons. The van der Waals surface area contributed by atoms with E-state index in [0.717, 1.165) is 44.1 Å². The molecule has 7 nitrogen and oxygen atoms in total. The van der Waals surface area contributed by atoms with Crippen molar-refractivity contribution < 1.29 is 33.3 Å². The highest BCUT2D eigenvalue weighted by Gasteiger charge is 2.86. The number of rotatable bonds is 6. The van der Waals surface area contributed by atoms with Gasteiger partial charge < -0.3 is 23.7 Å². The van der Waals surface area contributed by atoms with E-state index in [1.165, 1.54) is 6.92 Å². The maximum atomic E-state index is 12.0. The molecular weight excluding hydrogens is 400 g/mol. The molecule has 3 aliphatic heterocycles. The maximum Gasteiger partial charge on any atom is 0.331 e. The molecule has 5 aliphatic rings. The van der Waals surface area contributed by atoms with E-state index in [-0.39, 0.29) is 29.4 Å². The Labute approximate surface area is 183 Å². The molecule has 0 radical (unpaired) electrons. The van der Waals surface area contributed by atoms with E-state index in [1.54, 1.807) is 6.08 Å². The molecule has 2 saturated carbocycles. The summed E-state index contributed by atoms with van der Waals surface area (Å²) in [6.45, 7) is 9.02. The predicted octanol–water partition coefficient (Wildman–Crippen LogP) is 3.50. The lowest BCUT2D eigenvalue weighted by atomic mass is 9.44. The summed E-state index contributed by atoms with van der Waals surface area (Å²) < 4.78 is 29.7. The van der Waals surface area contributed by atoms with Crippen LogP contribution in [0.3, 0.4) is 0 Å². The lowest BCUT2D eigenvalue weighted by Gasteiger charge is -2.59. The van der Waals surface area contributed by atoms with Gasteiger partial charge in [0.2, 0.25) is 6.29 Å². The van der Waals surface area contributed by atoms with E-state index in [0.29, 0.717) is 19.1 Å². The monoisotopic (exact) mass is 434 g/mol. The zero-order valence-corrected chi connectivity index (χ0v) is 19.0. The van der Waals surface area contributed by atoms with Crippen LogP contribution in [-0.4, -0.2) is 49.4 Å². The number of cyclic esters (lactones) is 1. The van der Waals surface area contributed by atoms with Gasteiger partial charge in [-0.1, -0.05) is 13.8 Å². The second kappa shape index (κ2) is 7.29. The first kappa shape index (κ1) is 21.4. The summed E-state index contributed by atoms with van der Waals surface area (Å²) in [5.74, 6) is 0.201. The van der Waals surface area contributed by atoms with Crippen LogP contribution in [0.1, 0.15) is 66.2 Å². The van der Waals surface area contributed by atoms with Gasteiger partial charge in [-0.2, -0.15) is 0 Å². The minimum absolute atomic E-state index is 0.00247. The summed E-state index contributed by atoms with van der Waals surface area (Å²) >= 11 is 0. The van der Waals surface area contributed by atoms with Crippen molar-refractivity contribution in [2.75, 3.05) is 13.2 Å². The van der Waals surface area contributed by atoms with Crippen LogP contribution < -0.4 is 0 Å². The minimum atomic E-state index is -0.653. The van der Waals surface area contributed by atoms with E-state index < -0.39 is 23.6 Å². The molecule has 0 aromatic heterocycles. The van der Waals surface area contributed by atoms with Crippen LogP contribution in [0.4, 0.5) is 0 Å². The standard InChI is InChI=1S/C24H34O7/c1-5-27-21-24-18(31-24)7-6-17-22(4,10-9-16-12-19(26)28-13-16)14(2)8-11-23(17,24)20(30-21)29-15(3)25/h12,14,17-18,20-21H,5-11,13H2,1-4H3/t14-,17-,18-,20?,21?,22+,23+,24+/m0/s1. The SMILES string of the molecule is CCOC1OC(OC(C)=O)[C@@]23CC[C@H](C)[C@@](C)(CCC4=CC(=O)OC4)[C@@H]2CC[C@@H]2O[C@@]123. The van der Waals surface area contributed by atoms with Crippen molar-refractivity contribution in [2.45, 2.75) is 90.5 Å². The molecule has 8 atom stereocenters. The summed E-state index contributed by atoms with van der Waals surface area (Å²) in [5, 5.41) is 0. The van der Waals surface area contributed by atoms with Crippen molar-refractivity contribution in [1.82, 2.24) is 0 Å². The molecule has 0 aromatic carbocycles. The summed E-state index contributed by atoms with van der Waals surface area (Å²) in [4.78, 5) is 23.6. The smallest absolute Gasteiger partial charge is 0.331 e. The van der Waals surface area contributed by atoms with E-state index in [4.69, 9.17) is 23.7 Å². The summed E-state index contributed by atoms with van der Waals surface area (Å²) in [7, 11) is 0. The molecule has 0 aromatic rings. The quantitative estimate of drug-likeness (QED) is 0.467. The first-order valence-corrected chi connectivity index (χ1v) is 11.8. The zero-order valence-electron chi connectivity index (χ0n) is 19.0. The van der Waals surface area contributed by atoms with Gasteiger partial charge in [0.05, 0.1) is 11.5 Å². The third-order valence-corrected chi connectivity index (χ3v) is 9.05. The van der Waals surface area contributed by atoms with Crippen LogP contribution in [0.15, 0.2) is 11.6 Å². The Morgan fingerprint density at radius 2 is 2.06 bits per heavy atom. The number of carbonyl (C=O) groups excluding carboxylic acids is 2. The lowest BCUT2D eigenvalue weighted by Crippen LogP contribution is -2.62. The van der Waals surface area contributed by atoms with Gasteiger partial charge in [0.1, 0.15) is 6.61 Å². The number of hydrogen-bond acceptors (Lipinski definition) is 7. The first-order chi connectivity index (χ1) is 14.8. The summed E-state index contributed by atoms with van der Waals surface area (Å²) in [5.41, 5.74) is 0.130. The molecule has 4 fully saturated rings. The van der Waals surface area contributed by atoms with Crippen LogP contribution in [0, 0.1) is 22.7 Å². The van der Waals surface area contributed by atoms with Crippen molar-refractivity contribution in [3.8, 4) is 0 Å². The molecule has 3 heterocycles. The highest BCUT2D eigenvalue weighted by Crippen LogP contribution is 2.76. The molecule has 2 saturated heterocycles. The Balaban J connectivity index is 1.51. The summed E-state index contributed by atoms with van der Waals surface area (Å²) in [6.07, 6.45) is 6.27. The molecule has 0 amide bonds. The third-order valence-electron chi connectivity index (χ3n) is 9.05. The number of carbonyl (C=O) groups is 2. The average Bonchev–Trinajstić information content (AvgIpc) is 3.26. The summed E-state index contributed by atoms with van der Waals surface area (Å²) in [6, 6.07) is 0. The predicted molar refractivity (Wildman–Crippen MR) is 110 cm³/mol. The molecule has 2 unspecified atom stereocenters. The molecule has 7 heteroatoms. The second-order valence-corrected chi connectivity index (χ2v) is 10.3. The second-order valence-electron chi connectivity index (χ2n) is 10.3. The topological polar surface area (TPSA) is 83.6 Å². The first-order valence-electron chi connectivity index (χ1n) is 11.8. The normalized spacial score (nSPS) is 47.7. The Morgan fingerprint density at radius 1 is 1.26 bits per heavy atom. The van der Waals surface area contributed by atoms with Crippen LogP contribution in [-0.2, 0) is 33.3 Å². The van der Waals surface area contributed by atoms with Crippen molar-refractivity contribution in [3.63, 3.8) is 0 Å². The van der Waals surface area contributed by atoms with E-state index in [1.807, 2.05) is 6.92 Å². The van der Waals surface area contributed by atoms with Crippen LogP contribution in [0.25, 0.3) is 0 Å². The Morgan fingerprint density at radius 3 is 2.74 bits per heavy atom. The van der Waals surface area contributed by atoms with Gasteiger partial charge in [-0.25, -0.2) is 4.79 Å². The van der Waals surface area contributed by atoms with Crippen LogP contribution in [0.2, 0.25) is 0 Å². The Hall–Kier alpha value is -1.44. The number of esters is 2. The average molecular weight is 435 g/mol. The molecule has 2 aliphatic carbocycles. The van der Waals surface area contributed by atoms with Gasteiger partial charge in [0.25, 0.3) is 0 Å². The van der Waals surface area contributed by atoms with E-state index in [9.17, 15) is 9.59 Å². The van der Waals surface area contributed by atoms with E-state index in [2.05, 4.69) is 13.8 Å².